The Bertz CT molecular complexity index is 891. The first-order valence-electron chi connectivity index (χ1n) is 5.90. The maximum absolute atomic E-state index is 5.76. The SMILES string of the molecule is Nc1ccc2nc(-c3cnn4ccccc34)oc2c1. The molecule has 0 radical (unpaired) electrons. The minimum Gasteiger partial charge on any atom is -0.436 e. The minimum atomic E-state index is 0.557. The largest absolute Gasteiger partial charge is 0.436 e. The second kappa shape index (κ2) is 3.58. The fourth-order valence-corrected chi connectivity index (χ4v) is 2.16. The third-order valence-corrected chi connectivity index (χ3v) is 3.07. The number of hydrogen-bond acceptors (Lipinski definition) is 4. The molecule has 0 saturated carbocycles. The van der Waals surface area contributed by atoms with Crippen molar-refractivity contribution in [3.05, 3.63) is 48.8 Å². The lowest BCUT2D eigenvalue weighted by Gasteiger charge is -1.92. The average molecular weight is 250 g/mol. The molecule has 0 spiro atoms. The van der Waals surface area contributed by atoms with Gasteiger partial charge in [0, 0.05) is 18.0 Å². The summed E-state index contributed by atoms with van der Waals surface area (Å²) in [6, 6.07) is 11.3. The van der Waals surface area contributed by atoms with E-state index in [0.717, 1.165) is 16.6 Å². The quantitative estimate of drug-likeness (QED) is 0.527. The summed E-state index contributed by atoms with van der Waals surface area (Å²) >= 11 is 0. The lowest BCUT2D eigenvalue weighted by molar-refractivity contribution is 0.621. The van der Waals surface area contributed by atoms with Crippen molar-refractivity contribution in [1.29, 1.82) is 0 Å². The van der Waals surface area contributed by atoms with E-state index < -0.39 is 0 Å². The number of oxazole rings is 1. The van der Waals surface area contributed by atoms with Crippen molar-refractivity contribution in [2.24, 2.45) is 0 Å². The Hall–Kier alpha value is -2.82. The molecule has 4 rings (SSSR count). The monoisotopic (exact) mass is 250 g/mol. The van der Waals surface area contributed by atoms with Crippen LogP contribution in [0.2, 0.25) is 0 Å². The van der Waals surface area contributed by atoms with Crippen LogP contribution in [0.4, 0.5) is 5.69 Å². The van der Waals surface area contributed by atoms with Crippen LogP contribution in [-0.4, -0.2) is 14.6 Å². The molecule has 0 unspecified atom stereocenters. The molecule has 0 aliphatic rings. The molecule has 5 nitrogen and oxygen atoms in total. The lowest BCUT2D eigenvalue weighted by atomic mass is 10.2. The van der Waals surface area contributed by atoms with Gasteiger partial charge in [-0.2, -0.15) is 5.10 Å². The number of nitrogens with two attached hydrogens (primary N) is 1. The zero-order chi connectivity index (χ0) is 12.8. The number of rotatable bonds is 1. The maximum Gasteiger partial charge on any atom is 0.231 e. The molecule has 3 aromatic heterocycles. The Morgan fingerprint density at radius 3 is 3.05 bits per heavy atom. The van der Waals surface area contributed by atoms with Crippen LogP contribution in [0.15, 0.2) is 53.2 Å². The van der Waals surface area contributed by atoms with Gasteiger partial charge in [-0.05, 0) is 24.3 Å². The molecule has 0 atom stereocenters. The number of pyridine rings is 1. The van der Waals surface area contributed by atoms with E-state index in [1.54, 1.807) is 16.8 Å². The lowest BCUT2D eigenvalue weighted by Crippen LogP contribution is -1.83. The van der Waals surface area contributed by atoms with E-state index in [1.165, 1.54) is 0 Å². The Morgan fingerprint density at radius 1 is 1.16 bits per heavy atom. The van der Waals surface area contributed by atoms with Crippen molar-refractivity contribution in [2.45, 2.75) is 0 Å². The van der Waals surface area contributed by atoms with E-state index >= 15 is 0 Å². The number of hydrogen-bond donors (Lipinski definition) is 1. The highest BCUT2D eigenvalue weighted by molar-refractivity contribution is 5.82. The molecular weight excluding hydrogens is 240 g/mol. The van der Waals surface area contributed by atoms with Crippen LogP contribution < -0.4 is 5.73 Å². The van der Waals surface area contributed by atoms with Gasteiger partial charge < -0.3 is 10.2 Å². The molecule has 1 aromatic carbocycles. The predicted molar refractivity (Wildman–Crippen MR) is 72.6 cm³/mol. The summed E-state index contributed by atoms with van der Waals surface area (Å²) in [5, 5.41) is 4.27. The Kier molecular flexibility index (Phi) is 1.91. The summed E-state index contributed by atoms with van der Waals surface area (Å²) in [4.78, 5) is 4.47. The van der Waals surface area contributed by atoms with Gasteiger partial charge in [0.2, 0.25) is 5.89 Å². The van der Waals surface area contributed by atoms with Gasteiger partial charge in [-0.15, -0.1) is 0 Å². The maximum atomic E-state index is 5.76. The number of fused-ring (bicyclic) bond motifs is 2. The van der Waals surface area contributed by atoms with E-state index in [-0.39, 0.29) is 0 Å². The molecule has 0 aliphatic carbocycles. The first-order valence-corrected chi connectivity index (χ1v) is 5.90. The van der Waals surface area contributed by atoms with Gasteiger partial charge in [0.25, 0.3) is 0 Å². The second-order valence-corrected chi connectivity index (χ2v) is 4.33. The van der Waals surface area contributed by atoms with E-state index in [9.17, 15) is 0 Å². The van der Waals surface area contributed by atoms with Crippen LogP contribution in [0.5, 0.6) is 0 Å². The zero-order valence-corrected chi connectivity index (χ0v) is 9.95. The summed E-state index contributed by atoms with van der Waals surface area (Å²) in [6.07, 6.45) is 3.64. The minimum absolute atomic E-state index is 0.557. The third kappa shape index (κ3) is 1.48. The van der Waals surface area contributed by atoms with Crippen molar-refractivity contribution in [2.75, 3.05) is 5.73 Å². The van der Waals surface area contributed by atoms with E-state index in [0.29, 0.717) is 17.2 Å². The smallest absolute Gasteiger partial charge is 0.231 e. The summed E-state index contributed by atoms with van der Waals surface area (Å²) in [7, 11) is 0. The van der Waals surface area contributed by atoms with Crippen LogP contribution in [0.3, 0.4) is 0 Å². The summed E-state index contributed by atoms with van der Waals surface area (Å²) < 4.78 is 7.55. The van der Waals surface area contributed by atoms with Crippen LogP contribution >= 0.6 is 0 Å². The molecular formula is C14H10N4O. The number of nitrogen functional groups attached to an aromatic ring is 1. The number of aromatic nitrogens is 3. The molecule has 0 saturated heterocycles. The topological polar surface area (TPSA) is 69.3 Å². The van der Waals surface area contributed by atoms with Gasteiger partial charge >= 0.3 is 0 Å². The Morgan fingerprint density at radius 2 is 2.11 bits per heavy atom. The highest BCUT2D eigenvalue weighted by Gasteiger charge is 2.13. The Balaban J connectivity index is 1.99. The van der Waals surface area contributed by atoms with E-state index in [1.807, 2.05) is 36.5 Å². The van der Waals surface area contributed by atoms with Crippen LogP contribution in [-0.2, 0) is 0 Å². The van der Waals surface area contributed by atoms with Crippen LogP contribution in [0.1, 0.15) is 0 Å². The summed E-state index contributed by atoms with van der Waals surface area (Å²) in [5.74, 6) is 0.557. The van der Waals surface area contributed by atoms with Crippen LogP contribution in [0.25, 0.3) is 28.1 Å². The number of anilines is 1. The second-order valence-electron chi connectivity index (χ2n) is 4.33. The van der Waals surface area contributed by atoms with Crippen molar-refractivity contribution in [1.82, 2.24) is 14.6 Å². The van der Waals surface area contributed by atoms with Gasteiger partial charge in [0.1, 0.15) is 5.52 Å². The molecule has 0 aliphatic heterocycles. The average Bonchev–Trinajstić information content (AvgIpc) is 3.00. The molecule has 0 fully saturated rings. The first kappa shape index (κ1) is 10.1. The van der Waals surface area contributed by atoms with Crippen molar-refractivity contribution >= 4 is 22.3 Å². The zero-order valence-electron chi connectivity index (χ0n) is 9.95. The van der Waals surface area contributed by atoms with Crippen molar-refractivity contribution in [3.63, 3.8) is 0 Å². The highest BCUT2D eigenvalue weighted by atomic mass is 16.3. The molecule has 19 heavy (non-hydrogen) atoms. The molecule has 3 heterocycles. The number of benzene rings is 1. The van der Waals surface area contributed by atoms with Gasteiger partial charge in [-0.3, -0.25) is 0 Å². The number of nitrogens with zero attached hydrogens (tertiary/aromatic N) is 3. The Labute approximate surface area is 108 Å². The normalized spacial score (nSPS) is 11.4. The van der Waals surface area contributed by atoms with Gasteiger partial charge in [-0.1, -0.05) is 6.07 Å². The first-order chi connectivity index (χ1) is 9.31. The molecule has 0 amide bonds. The van der Waals surface area contributed by atoms with E-state index in [2.05, 4.69) is 10.1 Å². The standard InChI is InChI=1S/C14H10N4O/c15-9-4-5-11-13(7-9)19-14(17-11)10-8-16-18-6-2-1-3-12(10)18/h1-8H,15H2. The fourth-order valence-electron chi connectivity index (χ4n) is 2.16. The highest BCUT2D eigenvalue weighted by Crippen LogP contribution is 2.28. The van der Waals surface area contributed by atoms with Gasteiger partial charge in [0.15, 0.2) is 5.58 Å². The summed E-state index contributed by atoms with van der Waals surface area (Å²) in [5.41, 5.74) is 9.71. The van der Waals surface area contributed by atoms with Crippen molar-refractivity contribution < 1.29 is 4.42 Å². The van der Waals surface area contributed by atoms with Gasteiger partial charge in [-0.25, -0.2) is 9.50 Å². The van der Waals surface area contributed by atoms with Gasteiger partial charge in [0.05, 0.1) is 17.3 Å². The third-order valence-electron chi connectivity index (χ3n) is 3.07. The summed E-state index contributed by atoms with van der Waals surface area (Å²) in [6.45, 7) is 0. The van der Waals surface area contributed by atoms with Crippen LogP contribution in [0, 0.1) is 0 Å². The predicted octanol–water partition coefficient (Wildman–Crippen LogP) is 2.72. The molecule has 0 bridgehead atoms. The van der Waals surface area contributed by atoms with Crippen molar-refractivity contribution in [3.8, 4) is 11.5 Å². The van der Waals surface area contributed by atoms with E-state index in [4.69, 9.17) is 10.2 Å². The molecule has 5 heteroatoms. The molecule has 2 N–H and O–H groups in total. The molecule has 92 valence electrons. The molecule has 4 aromatic rings. The fraction of sp³-hybridized carbons (Fsp3) is 0.